The van der Waals surface area contributed by atoms with E-state index in [1.165, 1.54) is 11.0 Å². The Morgan fingerprint density at radius 2 is 1.84 bits per heavy atom. The molecule has 0 bridgehead atoms. The first-order valence-electron chi connectivity index (χ1n) is 10.8. The van der Waals surface area contributed by atoms with Crippen LogP contribution in [-0.4, -0.2) is 47.3 Å². The number of hydrogen-bond acceptors (Lipinski definition) is 5. The van der Waals surface area contributed by atoms with Crippen molar-refractivity contribution < 1.29 is 19.1 Å². The summed E-state index contributed by atoms with van der Waals surface area (Å²) in [6.45, 7) is 3.25. The predicted octanol–water partition coefficient (Wildman–Crippen LogP) is 3.83. The minimum Gasteiger partial charge on any atom is -0.491 e. The SMILES string of the molecule is CCCCN1C(=O)c2ccc(C(=O)NCCCOc3cccc4cccnc34)cc2C1=O. The lowest BCUT2D eigenvalue weighted by molar-refractivity contribution is 0.0652. The number of amides is 3. The first-order valence-corrected chi connectivity index (χ1v) is 10.8. The van der Waals surface area contributed by atoms with Gasteiger partial charge in [0.05, 0.1) is 17.7 Å². The number of fused-ring (bicyclic) bond motifs is 2. The summed E-state index contributed by atoms with van der Waals surface area (Å²) >= 11 is 0. The van der Waals surface area contributed by atoms with Crippen molar-refractivity contribution in [3.05, 3.63) is 71.4 Å². The smallest absolute Gasteiger partial charge is 0.261 e. The maximum absolute atomic E-state index is 12.6. The monoisotopic (exact) mass is 431 g/mol. The zero-order chi connectivity index (χ0) is 22.5. The van der Waals surface area contributed by atoms with Crippen LogP contribution in [0.1, 0.15) is 57.3 Å². The molecule has 7 nitrogen and oxygen atoms in total. The third-order valence-electron chi connectivity index (χ3n) is 5.43. The Labute approximate surface area is 186 Å². The lowest BCUT2D eigenvalue weighted by Gasteiger charge is -2.12. The minimum atomic E-state index is -0.329. The molecule has 0 radical (unpaired) electrons. The van der Waals surface area contributed by atoms with Gasteiger partial charge in [0.1, 0.15) is 11.3 Å². The molecule has 0 fully saturated rings. The van der Waals surface area contributed by atoms with E-state index in [-0.39, 0.29) is 17.7 Å². The number of benzene rings is 2. The molecule has 1 aromatic heterocycles. The Kier molecular flexibility index (Phi) is 6.44. The molecule has 1 N–H and O–H groups in total. The van der Waals surface area contributed by atoms with Gasteiger partial charge in [-0.05, 0) is 43.2 Å². The fourth-order valence-corrected chi connectivity index (χ4v) is 3.70. The van der Waals surface area contributed by atoms with Gasteiger partial charge in [-0.1, -0.05) is 31.5 Å². The second-order valence-corrected chi connectivity index (χ2v) is 7.67. The quantitative estimate of drug-likeness (QED) is 0.411. The van der Waals surface area contributed by atoms with Gasteiger partial charge in [0.2, 0.25) is 0 Å². The Bertz CT molecular complexity index is 1170. The van der Waals surface area contributed by atoms with E-state index in [1.54, 1.807) is 18.3 Å². The number of carbonyl (C=O) groups excluding carboxylic acids is 3. The number of nitrogens with one attached hydrogen (secondary N) is 1. The highest BCUT2D eigenvalue weighted by molar-refractivity contribution is 6.22. The maximum Gasteiger partial charge on any atom is 0.261 e. The van der Waals surface area contributed by atoms with Crippen LogP contribution >= 0.6 is 0 Å². The van der Waals surface area contributed by atoms with Gasteiger partial charge in [0, 0.05) is 30.2 Å². The van der Waals surface area contributed by atoms with Crippen LogP contribution in [0.4, 0.5) is 0 Å². The highest BCUT2D eigenvalue weighted by Gasteiger charge is 2.35. The van der Waals surface area contributed by atoms with Crippen molar-refractivity contribution in [2.75, 3.05) is 19.7 Å². The zero-order valence-electron chi connectivity index (χ0n) is 18.0. The molecule has 0 saturated heterocycles. The summed E-state index contributed by atoms with van der Waals surface area (Å²) in [6.07, 6.45) is 3.99. The van der Waals surface area contributed by atoms with Gasteiger partial charge in [-0.15, -0.1) is 0 Å². The molecular formula is C25H25N3O4. The average Bonchev–Trinajstić information content (AvgIpc) is 3.06. The van der Waals surface area contributed by atoms with E-state index >= 15 is 0 Å². The van der Waals surface area contributed by atoms with Crippen LogP contribution in [0.2, 0.25) is 0 Å². The third-order valence-corrected chi connectivity index (χ3v) is 5.43. The van der Waals surface area contributed by atoms with Crippen molar-refractivity contribution in [1.29, 1.82) is 0 Å². The topological polar surface area (TPSA) is 88.6 Å². The number of unbranched alkanes of at least 4 members (excludes halogenated alkanes) is 1. The van der Waals surface area contributed by atoms with E-state index in [0.29, 0.717) is 48.6 Å². The molecule has 7 heteroatoms. The molecular weight excluding hydrogens is 406 g/mol. The van der Waals surface area contributed by atoms with E-state index in [1.807, 2.05) is 37.3 Å². The molecule has 0 aliphatic carbocycles. The van der Waals surface area contributed by atoms with Gasteiger partial charge in [-0.3, -0.25) is 24.3 Å². The van der Waals surface area contributed by atoms with Crippen molar-refractivity contribution in [1.82, 2.24) is 15.2 Å². The second kappa shape index (κ2) is 9.60. The first-order chi connectivity index (χ1) is 15.6. The minimum absolute atomic E-state index is 0.285. The Hall–Kier alpha value is -3.74. The fourth-order valence-electron chi connectivity index (χ4n) is 3.70. The maximum atomic E-state index is 12.6. The predicted molar refractivity (Wildman–Crippen MR) is 121 cm³/mol. The number of carbonyl (C=O) groups is 3. The molecule has 2 aromatic carbocycles. The first kappa shape index (κ1) is 21.5. The van der Waals surface area contributed by atoms with Gasteiger partial charge in [-0.2, -0.15) is 0 Å². The molecule has 1 aliphatic heterocycles. The summed E-state index contributed by atoms with van der Waals surface area (Å²) in [4.78, 5) is 43.1. The largest absolute Gasteiger partial charge is 0.491 e. The number of para-hydroxylation sites is 1. The summed E-state index contributed by atoms with van der Waals surface area (Å²) in [5.41, 5.74) is 1.83. The normalized spacial score (nSPS) is 12.8. The Balaban J connectivity index is 1.30. The standard InChI is InChI=1S/C25H25N3O4/c1-2-3-14-28-24(30)19-11-10-18(16-20(19)25(28)31)23(29)27-13-6-15-32-21-9-4-7-17-8-5-12-26-22(17)21/h4-5,7-12,16H,2-3,6,13-15H2,1H3,(H,27,29). The Morgan fingerprint density at radius 3 is 2.69 bits per heavy atom. The molecule has 3 amide bonds. The highest BCUT2D eigenvalue weighted by atomic mass is 16.5. The zero-order valence-corrected chi connectivity index (χ0v) is 18.0. The number of imide groups is 1. The molecule has 164 valence electrons. The van der Waals surface area contributed by atoms with Crippen LogP contribution in [0, 0.1) is 0 Å². The van der Waals surface area contributed by atoms with Crippen LogP contribution < -0.4 is 10.1 Å². The Morgan fingerprint density at radius 1 is 1.03 bits per heavy atom. The highest BCUT2D eigenvalue weighted by Crippen LogP contribution is 2.25. The lowest BCUT2D eigenvalue weighted by atomic mass is 10.1. The molecule has 3 aromatic rings. The second-order valence-electron chi connectivity index (χ2n) is 7.67. The van der Waals surface area contributed by atoms with Gasteiger partial charge in [-0.25, -0.2) is 0 Å². The molecule has 0 atom stereocenters. The lowest BCUT2D eigenvalue weighted by Crippen LogP contribution is -2.30. The summed E-state index contributed by atoms with van der Waals surface area (Å²) in [7, 11) is 0. The number of hydrogen-bond donors (Lipinski definition) is 1. The summed E-state index contributed by atoms with van der Waals surface area (Å²) in [6, 6.07) is 14.3. The average molecular weight is 431 g/mol. The molecule has 0 unspecified atom stereocenters. The van der Waals surface area contributed by atoms with Crippen LogP contribution in [0.3, 0.4) is 0 Å². The number of nitrogens with zero attached hydrogens (tertiary/aromatic N) is 2. The van der Waals surface area contributed by atoms with Crippen LogP contribution in [-0.2, 0) is 0 Å². The fraction of sp³-hybridized carbons (Fsp3) is 0.280. The van der Waals surface area contributed by atoms with Crippen LogP contribution in [0.5, 0.6) is 5.75 Å². The number of aromatic nitrogens is 1. The number of rotatable bonds is 9. The molecule has 32 heavy (non-hydrogen) atoms. The third kappa shape index (κ3) is 4.32. The van der Waals surface area contributed by atoms with Gasteiger partial charge in [0.25, 0.3) is 17.7 Å². The van der Waals surface area contributed by atoms with E-state index in [0.717, 1.165) is 23.7 Å². The summed E-state index contributed by atoms with van der Waals surface area (Å²) in [5, 5.41) is 3.85. The van der Waals surface area contributed by atoms with Crippen molar-refractivity contribution in [2.45, 2.75) is 26.2 Å². The van der Waals surface area contributed by atoms with E-state index in [4.69, 9.17) is 4.74 Å². The summed E-state index contributed by atoms with van der Waals surface area (Å²) < 4.78 is 5.84. The van der Waals surface area contributed by atoms with E-state index in [2.05, 4.69) is 10.3 Å². The number of ether oxygens (including phenoxy) is 1. The van der Waals surface area contributed by atoms with E-state index < -0.39 is 0 Å². The number of pyridine rings is 1. The van der Waals surface area contributed by atoms with Crippen LogP contribution in [0.25, 0.3) is 10.9 Å². The van der Waals surface area contributed by atoms with Crippen molar-refractivity contribution >= 4 is 28.6 Å². The van der Waals surface area contributed by atoms with E-state index in [9.17, 15) is 14.4 Å². The van der Waals surface area contributed by atoms with Crippen molar-refractivity contribution in [2.24, 2.45) is 0 Å². The molecule has 2 heterocycles. The van der Waals surface area contributed by atoms with Crippen LogP contribution in [0.15, 0.2) is 54.7 Å². The van der Waals surface area contributed by atoms with Gasteiger partial charge in [0.15, 0.2) is 0 Å². The van der Waals surface area contributed by atoms with Crippen molar-refractivity contribution in [3.8, 4) is 5.75 Å². The van der Waals surface area contributed by atoms with Crippen molar-refractivity contribution in [3.63, 3.8) is 0 Å². The molecule has 0 saturated carbocycles. The summed E-state index contributed by atoms with van der Waals surface area (Å²) in [5.74, 6) is -0.189. The molecule has 4 rings (SSSR count). The molecule has 0 spiro atoms. The van der Waals surface area contributed by atoms with Gasteiger partial charge < -0.3 is 10.1 Å². The van der Waals surface area contributed by atoms with Gasteiger partial charge >= 0.3 is 0 Å². The molecule has 1 aliphatic rings.